The lowest BCUT2D eigenvalue weighted by atomic mass is 10.1. The van der Waals surface area contributed by atoms with E-state index >= 15 is 0 Å². The summed E-state index contributed by atoms with van der Waals surface area (Å²) in [6.07, 6.45) is -0.647. The standard InChI is InChI=1S/C13H13N3O4/c1-9-11(3-2-4-12(9)16(18)19)13(17)15-5-6-20-10(7-14)8-15/h2-4,10H,5-6,8H2,1H3. The molecule has 1 amide bonds. The minimum atomic E-state index is -0.647. The molecule has 1 atom stereocenters. The Labute approximate surface area is 115 Å². The van der Waals surface area contributed by atoms with E-state index in [1.54, 1.807) is 13.0 Å². The number of benzene rings is 1. The van der Waals surface area contributed by atoms with Crippen LogP contribution in [0.2, 0.25) is 0 Å². The van der Waals surface area contributed by atoms with Gasteiger partial charge < -0.3 is 9.64 Å². The normalized spacial score (nSPS) is 18.4. The lowest BCUT2D eigenvalue weighted by molar-refractivity contribution is -0.385. The molecule has 0 spiro atoms. The number of hydrogen-bond acceptors (Lipinski definition) is 5. The van der Waals surface area contributed by atoms with E-state index in [-0.39, 0.29) is 30.3 Å². The van der Waals surface area contributed by atoms with E-state index in [9.17, 15) is 14.9 Å². The molecule has 0 radical (unpaired) electrons. The van der Waals surface area contributed by atoms with Gasteiger partial charge in [-0.3, -0.25) is 14.9 Å². The third kappa shape index (κ3) is 2.60. The Balaban J connectivity index is 2.28. The fourth-order valence-electron chi connectivity index (χ4n) is 2.14. The smallest absolute Gasteiger partial charge is 0.273 e. The largest absolute Gasteiger partial charge is 0.360 e. The van der Waals surface area contributed by atoms with Crippen molar-refractivity contribution in [3.63, 3.8) is 0 Å². The van der Waals surface area contributed by atoms with Gasteiger partial charge in [-0.15, -0.1) is 0 Å². The second-order valence-electron chi connectivity index (χ2n) is 4.45. The first-order chi connectivity index (χ1) is 9.54. The third-order valence-corrected chi connectivity index (χ3v) is 3.23. The van der Waals surface area contributed by atoms with Gasteiger partial charge in [-0.05, 0) is 13.0 Å². The highest BCUT2D eigenvalue weighted by atomic mass is 16.6. The van der Waals surface area contributed by atoms with Crippen molar-refractivity contribution in [2.24, 2.45) is 0 Å². The van der Waals surface area contributed by atoms with Gasteiger partial charge in [-0.2, -0.15) is 5.26 Å². The summed E-state index contributed by atoms with van der Waals surface area (Å²) in [7, 11) is 0. The summed E-state index contributed by atoms with van der Waals surface area (Å²) < 4.78 is 5.17. The molecule has 1 unspecified atom stereocenters. The number of carbonyl (C=O) groups excluding carboxylic acids is 1. The summed E-state index contributed by atoms with van der Waals surface area (Å²) in [6.45, 7) is 2.39. The van der Waals surface area contributed by atoms with Gasteiger partial charge in [-0.25, -0.2) is 0 Å². The van der Waals surface area contributed by atoms with Crippen LogP contribution < -0.4 is 0 Å². The Morgan fingerprint density at radius 1 is 1.60 bits per heavy atom. The summed E-state index contributed by atoms with van der Waals surface area (Å²) in [5.41, 5.74) is 0.543. The first-order valence-corrected chi connectivity index (χ1v) is 6.09. The summed E-state index contributed by atoms with van der Waals surface area (Å²) in [5, 5.41) is 19.7. The molecule has 1 heterocycles. The molecule has 1 fully saturated rings. The molecule has 0 bridgehead atoms. The molecule has 7 nitrogen and oxygen atoms in total. The quantitative estimate of drug-likeness (QED) is 0.598. The molecule has 1 aliphatic heterocycles. The van der Waals surface area contributed by atoms with E-state index in [0.717, 1.165) is 0 Å². The highest BCUT2D eigenvalue weighted by Gasteiger charge is 2.27. The Kier molecular flexibility index (Phi) is 3.96. The Bertz CT molecular complexity index is 594. The lowest BCUT2D eigenvalue weighted by Crippen LogP contribution is -2.45. The lowest BCUT2D eigenvalue weighted by Gasteiger charge is -2.30. The van der Waals surface area contributed by atoms with Crippen molar-refractivity contribution in [3.8, 4) is 6.07 Å². The molecule has 1 aromatic rings. The molecule has 2 rings (SSSR count). The predicted molar refractivity (Wildman–Crippen MR) is 69.1 cm³/mol. The van der Waals surface area contributed by atoms with E-state index in [0.29, 0.717) is 12.1 Å². The summed E-state index contributed by atoms with van der Waals surface area (Å²) in [6, 6.07) is 6.37. The van der Waals surface area contributed by atoms with Crippen LogP contribution in [0.1, 0.15) is 15.9 Å². The van der Waals surface area contributed by atoms with Gasteiger partial charge in [0.1, 0.15) is 0 Å². The predicted octanol–water partition coefficient (Wildman–Crippen LogP) is 1.27. The molecule has 0 aliphatic carbocycles. The number of ether oxygens (including phenoxy) is 1. The zero-order valence-corrected chi connectivity index (χ0v) is 10.9. The van der Waals surface area contributed by atoms with E-state index < -0.39 is 11.0 Å². The number of carbonyl (C=O) groups is 1. The molecule has 0 aromatic heterocycles. The van der Waals surface area contributed by atoms with Crippen molar-refractivity contribution < 1.29 is 14.5 Å². The minimum absolute atomic E-state index is 0.0825. The van der Waals surface area contributed by atoms with E-state index in [4.69, 9.17) is 10.00 Å². The minimum Gasteiger partial charge on any atom is -0.360 e. The molecule has 1 aliphatic rings. The average molecular weight is 275 g/mol. The molecular weight excluding hydrogens is 262 g/mol. The topological polar surface area (TPSA) is 96.5 Å². The van der Waals surface area contributed by atoms with Gasteiger partial charge in [0.05, 0.1) is 24.1 Å². The van der Waals surface area contributed by atoms with Crippen LogP contribution in [0.5, 0.6) is 0 Å². The van der Waals surface area contributed by atoms with Gasteiger partial charge in [0.15, 0.2) is 6.10 Å². The van der Waals surface area contributed by atoms with Gasteiger partial charge in [0.2, 0.25) is 0 Å². The zero-order chi connectivity index (χ0) is 14.7. The zero-order valence-electron chi connectivity index (χ0n) is 10.9. The number of nitro benzene ring substituents is 1. The molecule has 0 saturated carbocycles. The van der Waals surface area contributed by atoms with Crippen LogP contribution in [-0.2, 0) is 4.74 Å². The molecule has 0 N–H and O–H groups in total. The maximum atomic E-state index is 12.4. The summed E-state index contributed by atoms with van der Waals surface area (Å²) in [4.78, 5) is 24.3. The second-order valence-corrected chi connectivity index (χ2v) is 4.45. The molecule has 20 heavy (non-hydrogen) atoms. The van der Waals surface area contributed by atoms with Crippen LogP contribution in [0.3, 0.4) is 0 Å². The van der Waals surface area contributed by atoms with E-state index in [1.807, 2.05) is 6.07 Å². The Morgan fingerprint density at radius 2 is 2.35 bits per heavy atom. The third-order valence-electron chi connectivity index (χ3n) is 3.23. The Hall–Kier alpha value is -2.46. The van der Waals surface area contributed by atoms with Crippen molar-refractivity contribution >= 4 is 11.6 Å². The Morgan fingerprint density at radius 3 is 3.00 bits per heavy atom. The van der Waals surface area contributed by atoms with Gasteiger partial charge in [0.25, 0.3) is 11.6 Å². The van der Waals surface area contributed by atoms with Crippen LogP contribution in [0.25, 0.3) is 0 Å². The van der Waals surface area contributed by atoms with E-state index in [1.165, 1.54) is 17.0 Å². The number of nitrogens with zero attached hydrogens (tertiary/aromatic N) is 3. The van der Waals surface area contributed by atoms with Crippen molar-refractivity contribution in [3.05, 3.63) is 39.4 Å². The SMILES string of the molecule is Cc1c(C(=O)N2CCOC(C#N)C2)cccc1[N+](=O)[O-]. The van der Waals surface area contributed by atoms with Gasteiger partial charge in [-0.1, -0.05) is 6.07 Å². The molecule has 104 valence electrons. The number of nitriles is 1. The van der Waals surface area contributed by atoms with Crippen LogP contribution in [-0.4, -0.2) is 41.5 Å². The molecule has 7 heteroatoms. The van der Waals surface area contributed by atoms with Gasteiger partial charge >= 0.3 is 0 Å². The first kappa shape index (κ1) is 14.0. The van der Waals surface area contributed by atoms with Crippen LogP contribution in [0, 0.1) is 28.4 Å². The van der Waals surface area contributed by atoms with Gasteiger partial charge in [0, 0.05) is 23.7 Å². The number of hydrogen-bond donors (Lipinski definition) is 0. The number of amides is 1. The number of rotatable bonds is 2. The monoisotopic (exact) mass is 275 g/mol. The first-order valence-electron chi connectivity index (χ1n) is 6.09. The number of morpholine rings is 1. The van der Waals surface area contributed by atoms with Crippen molar-refractivity contribution in [2.45, 2.75) is 13.0 Å². The highest BCUT2D eigenvalue weighted by Crippen LogP contribution is 2.23. The highest BCUT2D eigenvalue weighted by molar-refractivity contribution is 5.96. The summed E-state index contributed by atoms with van der Waals surface area (Å²) >= 11 is 0. The average Bonchev–Trinajstić information content (AvgIpc) is 2.46. The fourth-order valence-corrected chi connectivity index (χ4v) is 2.14. The van der Waals surface area contributed by atoms with Crippen LogP contribution in [0.15, 0.2) is 18.2 Å². The van der Waals surface area contributed by atoms with Crippen molar-refractivity contribution in [2.75, 3.05) is 19.7 Å². The second kappa shape index (κ2) is 5.67. The number of nitro groups is 1. The van der Waals surface area contributed by atoms with Crippen LogP contribution >= 0.6 is 0 Å². The molecular formula is C13H13N3O4. The molecule has 1 saturated heterocycles. The van der Waals surface area contributed by atoms with Crippen molar-refractivity contribution in [1.82, 2.24) is 4.90 Å². The fraction of sp³-hybridized carbons (Fsp3) is 0.385. The van der Waals surface area contributed by atoms with E-state index in [2.05, 4.69) is 0 Å². The summed E-state index contributed by atoms with van der Waals surface area (Å²) in [5.74, 6) is -0.310. The van der Waals surface area contributed by atoms with Crippen LogP contribution in [0.4, 0.5) is 5.69 Å². The van der Waals surface area contributed by atoms with Crippen molar-refractivity contribution in [1.29, 1.82) is 5.26 Å². The molecule has 1 aromatic carbocycles. The maximum Gasteiger partial charge on any atom is 0.273 e. The maximum absolute atomic E-state index is 12.4.